The van der Waals surface area contributed by atoms with Crippen LogP contribution < -0.4 is 5.73 Å². The maximum absolute atomic E-state index is 13.0. The Hall–Kier alpha value is -3.41. The molecule has 0 radical (unpaired) electrons. The average molecular weight is 402 g/mol. The molecule has 4 rings (SSSR count). The Morgan fingerprint density at radius 3 is 2.47 bits per heavy atom. The van der Waals surface area contributed by atoms with Crippen LogP contribution in [0, 0.1) is 19.8 Å². The molecular weight excluding hydrogens is 376 g/mol. The first kappa shape index (κ1) is 19.9. The second-order valence-corrected chi connectivity index (χ2v) is 7.86. The molecule has 0 fully saturated rings. The largest absolute Gasteiger partial charge is 0.462 e. The Morgan fingerprint density at radius 2 is 1.80 bits per heavy atom. The number of ether oxygens (including phenoxy) is 1. The normalized spacial score (nSPS) is 12.4. The van der Waals surface area contributed by atoms with Crippen LogP contribution in [-0.2, 0) is 4.74 Å². The first-order chi connectivity index (χ1) is 14.4. The number of fused-ring (bicyclic) bond motifs is 2. The van der Waals surface area contributed by atoms with E-state index in [1.165, 1.54) is 5.56 Å². The van der Waals surface area contributed by atoms with Gasteiger partial charge in [0, 0.05) is 5.69 Å². The smallest absolute Gasteiger partial charge is 0.344 e. The monoisotopic (exact) mass is 402 g/mol. The third-order valence-electron chi connectivity index (χ3n) is 5.65. The molecule has 0 amide bonds. The second kappa shape index (κ2) is 7.78. The summed E-state index contributed by atoms with van der Waals surface area (Å²) in [5, 5.41) is 0. The molecule has 0 bridgehead atoms. The number of anilines is 1. The van der Waals surface area contributed by atoms with Gasteiger partial charge in [-0.15, -0.1) is 0 Å². The molecule has 0 saturated carbocycles. The lowest BCUT2D eigenvalue weighted by Crippen LogP contribution is -2.13. The van der Waals surface area contributed by atoms with Gasteiger partial charge in [0.25, 0.3) is 0 Å². The van der Waals surface area contributed by atoms with Gasteiger partial charge in [-0.05, 0) is 55.2 Å². The SMILES string of the molecule is CC[C@@H](C)COC(=O)c1c(N)n(-c2ccc(C)c(C)c2)c2nc3ccccc3nc12. The van der Waals surface area contributed by atoms with Crippen molar-refractivity contribution in [2.75, 3.05) is 12.3 Å². The molecule has 0 aliphatic carbocycles. The van der Waals surface area contributed by atoms with Crippen LogP contribution in [-0.4, -0.2) is 27.1 Å². The van der Waals surface area contributed by atoms with Gasteiger partial charge in [-0.3, -0.25) is 4.57 Å². The standard InChI is InChI=1S/C24H26N4O2/c1-5-14(2)13-30-24(29)20-21-23(27-19-9-7-6-8-18(19)26-21)28(22(20)25)17-11-10-15(3)16(4)12-17/h6-12,14H,5,13,25H2,1-4H3/t14-/m1/s1. The molecule has 0 unspecified atom stereocenters. The molecule has 2 N–H and O–H groups in total. The van der Waals surface area contributed by atoms with Crippen molar-refractivity contribution in [2.45, 2.75) is 34.1 Å². The van der Waals surface area contributed by atoms with E-state index in [4.69, 9.17) is 20.4 Å². The van der Waals surface area contributed by atoms with Gasteiger partial charge in [0.15, 0.2) is 5.65 Å². The number of nitrogens with two attached hydrogens (primary N) is 1. The number of nitrogens with zero attached hydrogens (tertiary/aromatic N) is 3. The van der Waals surface area contributed by atoms with Gasteiger partial charge in [0.05, 0.1) is 17.6 Å². The fraction of sp³-hybridized carbons (Fsp3) is 0.292. The lowest BCUT2D eigenvalue weighted by atomic mass is 10.1. The predicted octanol–water partition coefficient (Wildman–Crippen LogP) is 4.98. The molecule has 6 nitrogen and oxygen atoms in total. The molecule has 2 aromatic carbocycles. The molecule has 4 aromatic rings. The Labute approximate surface area is 175 Å². The van der Waals surface area contributed by atoms with Crippen LogP contribution in [0.15, 0.2) is 42.5 Å². The van der Waals surface area contributed by atoms with Crippen LogP contribution in [0.2, 0.25) is 0 Å². The maximum Gasteiger partial charge on any atom is 0.344 e. The van der Waals surface area contributed by atoms with Gasteiger partial charge >= 0.3 is 5.97 Å². The van der Waals surface area contributed by atoms with E-state index in [-0.39, 0.29) is 17.3 Å². The van der Waals surface area contributed by atoms with Crippen molar-refractivity contribution in [1.29, 1.82) is 0 Å². The lowest BCUT2D eigenvalue weighted by molar-refractivity contribution is 0.0450. The first-order valence-electron chi connectivity index (χ1n) is 10.2. The van der Waals surface area contributed by atoms with Crippen molar-refractivity contribution in [3.63, 3.8) is 0 Å². The molecule has 6 heteroatoms. The third kappa shape index (κ3) is 3.38. The van der Waals surface area contributed by atoms with E-state index in [2.05, 4.69) is 13.8 Å². The van der Waals surface area contributed by atoms with E-state index in [9.17, 15) is 4.79 Å². The number of aryl methyl sites for hydroxylation is 2. The molecule has 0 aliphatic heterocycles. The van der Waals surface area contributed by atoms with Crippen LogP contribution >= 0.6 is 0 Å². The number of carbonyl (C=O) groups is 1. The van der Waals surface area contributed by atoms with Crippen molar-refractivity contribution in [2.24, 2.45) is 5.92 Å². The van der Waals surface area contributed by atoms with Crippen molar-refractivity contribution < 1.29 is 9.53 Å². The summed E-state index contributed by atoms with van der Waals surface area (Å²) in [7, 11) is 0. The van der Waals surface area contributed by atoms with E-state index in [1.54, 1.807) is 4.57 Å². The van der Waals surface area contributed by atoms with Gasteiger partial charge in [-0.25, -0.2) is 14.8 Å². The molecule has 1 atom stereocenters. The fourth-order valence-electron chi connectivity index (χ4n) is 3.40. The molecule has 2 aromatic heterocycles. The Morgan fingerprint density at radius 1 is 1.10 bits per heavy atom. The Bertz CT molecular complexity index is 1260. The summed E-state index contributed by atoms with van der Waals surface area (Å²) >= 11 is 0. The minimum atomic E-state index is -0.468. The number of nitrogen functional groups attached to an aromatic ring is 1. The summed E-state index contributed by atoms with van der Waals surface area (Å²) in [6, 6.07) is 13.6. The summed E-state index contributed by atoms with van der Waals surface area (Å²) in [6.45, 7) is 8.55. The minimum absolute atomic E-state index is 0.268. The van der Waals surface area contributed by atoms with Crippen LogP contribution in [0.4, 0.5) is 5.82 Å². The highest BCUT2D eigenvalue weighted by Gasteiger charge is 2.26. The van der Waals surface area contributed by atoms with E-state index < -0.39 is 5.97 Å². The van der Waals surface area contributed by atoms with Crippen molar-refractivity contribution in [1.82, 2.24) is 14.5 Å². The molecule has 0 aliphatic rings. The zero-order valence-electron chi connectivity index (χ0n) is 17.8. The third-order valence-corrected chi connectivity index (χ3v) is 5.65. The van der Waals surface area contributed by atoms with E-state index in [1.807, 2.05) is 56.3 Å². The van der Waals surface area contributed by atoms with Gasteiger partial charge < -0.3 is 10.5 Å². The number of hydrogen-bond acceptors (Lipinski definition) is 5. The molecule has 2 heterocycles. The fourth-order valence-corrected chi connectivity index (χ4v) is 3.40. The Balaban J connectivity index is 1.96. The van der Waals surface area contributed by atoms with Crippen LogP contribution in [0.3, 0.4) is 0 Å². The number of esters is 1. The summed E-state index contributed by atoms with van der Waals surface area (Å²) in [4.78, 5) is 22.5. The molecule has 0 spiro atoms. The Kier molecular flexibility index (Phi) is 5.16. The van der Waals surface area contributed by atoms with Gasteiger partial charge in [-0.1, -0.05) is 38.5 Å². The van der Waals surface area contributed by atoms with Gasteiger partial charge in [-0.2, -0.15) is 0 Å². The molecule has 0 saturated heterocycles. The maximum atomic E-state index is 13.0. The zero-order valence-corrected chi connectivity index (χ0v) is 17.8. The number of benzene rings is 2. The van der Waals surface area contributed by atoms with Gasteiger partial charge in [0.2, 0.25) is 0 Å². The zero-order chi connectivity index (χ0) is 21.4. The summed E-state index contributed by atoms with van der Waals surface area (Å²) in [5.74, 6) is 0.0952. The molecular formula is C24H26N4O2. The number of carbonyl (C=O) groups excluding carboxylic acids is 1. The van der Waals surface area contributed by atoms with Crippen LogP contribution in [0.5, 0.6) is 0 Å². The first-order valence-corrected chi connectivity index (χ1v) is 10.2. The predicted molar refractivity (Wildman–Crippen MR) is 120 cm³/mol. The lowest BCUT2D eigenvalue weighted by Gasteiger charge is -2.11. The summed E-state index contributed by atoms with van der Waals surface area (Å²) in [5.41, 5.74) is 12.4. The topological polar surface area (TPSA) is 83.0 Å². The highest BCUT2D eigenvalue weighted by atomic mass is 16.5. The molecule has 30 heavy (non-hydrogen) atoms. The minimum Gasteiger partial charge on any atom is -0.462 e. The number of aromatic nitrogens is 3. The van der Waals surface area contributed by atoms with Crippen molar-refractivity contribution in [3.05, 3.63) is 59.2 Å². The highest BCUT2D eigenvalue weighted by molar-refractivity contribution is 6.09. The molecule has 154 valence electrons. The van der Waals surface area contributed by atoms with Crippen LogP contribution in [0.25, 0.3) is 27.9 Å². The number of hydrogen-bond donors (Lipinski definition) is 1. The van der Waals surface area contributed by atoms with Crippen molar-refractivity contribution >= 4 is 34.0 Å². The van der Waals surface area contributed by atoms with Crippen molar-refractivity contribution in [3.8, 4) is 5.69 Å². The summed E-state index contributed by atoms with van der Waals surface area (Å²) < 4.78 is 7.37. The quantitative estimate of drug-likeness (QED) is 0.476. The second-order valence-electron chi connectivity index (χ2n) is 7.86. The van der Waals surface area contributed by atoms with E-state index in [0.29, 0.717) is 23.3 Å². The van der Waals surface area contributed by atoms with Crippen LogP contribution in [0.1, 0.15) is 41.8 Å². The van der Waals surface area contributed by atoms with E-state index in [0.717, 1.165) is 23.2 Å². The average Bonchev–Trinajstić information content (AvgIpc) is 3.02. The summed E-state index contributed by atoms with van der Waals surface area (Å²) in [6.07, 6.45) is 0.928. The van der Waals surface area contributed by atoms with E-state index >= 15 is 0 Å². The number of para-hydroxylation sites is 2. The number of rotatable bonds is 5. The van der Waals surface area contributed by atoms with Gasteiger partial charge in [0.1, 0.15) is 16.9 Å². The highest BCUT2D eigenvalue weighted by Crippen LogP contribution is 2.32.